The highest BCUT2D eigenvalue weighted by atomic mass is 16.5. The van der Waals surface area contributed by atoms with Gasteiger partial charge in [0.25, 0.3) is 0 Å². The summed E-state index contributed by atoms with van der Waals surface area (Å²) in [5.41, 5.74) is 1.10. The molecule has 1 atom stereocenters. The Hall–Kier alpha value is -2.37. The van der Waals surface area contributed by atoms with E-state index in [9.17, 15) is 4.79 Å². The molecule has 1 aromatic carbocycles. The Kier molecular flexibility index (Phi) is 4.60. The van der Waals surface area contributed by atoms with Gasteiger partial charge in [0.1, 0.15) is 17.9 Å². The van der Waals surface area contributed by atoms with Crippen molar-refractivity contribution in [1.82, 2.24) is 19.7 Å². The zero-order valence-corrected chi connectivity index (χ0v) is 13.6. The minimum atomic E-state index is 0.109. The van der Waals surface area contributed by atoms with Gasteiger partial charge in [0.15, 0.2) is 0 Å². The van der Waals surface area contributed by atoms with Crippen molar-refractivity contribution in [1.29, 1.82) is 0 Å². The van der Waals surface area contributed by atoms with E-state index in [0.29, 0.717) is 12.8 Å². The van der Waals surface area contributed by atoms with Crippen LogP contribution in [-0.4, -0.2) is 39.2 Å². The van der Waals surface area contributed by atoms with Crippen LogP contribution in [0.5, 0.6) is 5.75 Å². The van der Waals surface area contributed by atoms with Gasteiger partial charge in [0, 0.05) is 32.0 Å². The van der Waals surface area contributed by atoms with E-state index in [4.69, 9.17) is 4.74 Å². The second-order valence-electron chi connectivity index (χ2n) is 5.85. The van der Waals surface area contributed by atoms with E-state index < -0.39 is 0 Å². The largest absolute Gasteiger partial charge is 0.496 e. The molecule has 0 aliphatic carbocycles. The number of amides is 1. The van der Waals surface area contributed by atoms with Crippen molar-refractivity contribution in [3.8, 4) is 5.75 Å². The van der Waals surface area contributed by atoms with Crippen LogP contribution in [0.4, 0.5) is 0 Å². The number of carbonyl (C=O) groups excluding carboxylic acids is 1. The van der Waals surface area contributed by atoms with Crippen LogP contribution in [0.15, 0.2) is 30.6 Å². The number of hydrogen-bond acceptors (Lipinski definition) is 4. The Labute approximate surface area is 136 Å². The Morgan fingerprint density at radius 3 is 2.96 bits per heavy atom. The minimum absolute atomic E-state index is 0.109. The van der Waals surface area contributed by atoms with Crippen LogP contribution in [0.3, 0.4) is 0 Å². The van der Waals surface area contributed by atoms with E-state index in [1.54, 1.807) is 13.4 Å². The molecular formula is C17H22N4O2. The minimum Gasteiger partial charge on any atom is -0.496 e. The van der Waals surface area contributed by atoms with Gasteiger partial charge in [0.05, 0.1) is 13.2 Å². The Balaban J connectivity index is 1.71. The molecule has 0 N–H and O–H groups in total. The van der Waals surface area contributed by atoms with Gasteiger partial charge in [0.2, 0.25) is 5.91 Å². The van der Waals surface area contributed by atoms with Crippen molar-refractivity contribution in [2.24, 2.45) is 7.05 Å². The lowest BCUT2D eigenvalue weighted by molar-refractivity contribution is -0.132. The molecule has 1 aromatic heterocycles. The SMILES string of the molecule is COc1ccccc1[C@H]1CCCN1C(=O)CCc1nncn1C. The molecule has 0 radical (unpaired) electrons. The fourth-order valence-electron chi connectivity index (χ4n) is 3.23. The number of nitrogens with zero attached hydrogens (tertiary/aromatic N) is 4. The number of carbonyl (C=O) groups is 1. The highest BCUT2D eigenvalue weighted by Gasteiger charge is 2.31. The number of hydrogen-bond donors (Lipinski definition) is 0. The molecular weight excluding hydrogens is 292 g/mol. The molecule has 1 saturated heterocycles. The highest BCUT2D eigenvalue weighted by Crippen LogP contribution is 2.37. The third kappa shape index (κ3) is 3.21. The van der Waals surface area contributed by atoms with Gasteiger partial charge < -0.3 is 14.2 Å². The lowest BCUT2D eigenvalue weighted by Crippen LogP contribution is -2.31. The van der Waals surface area contributed by atoms with Crippen molar-refractivity contribution in [3.05, 3.63) is 42.0 Å². The molecule has 0 bridgehead atoms. The molecule has 6 nitrogen and oxygen atoms in total. The van der Waals surface area contributed by atoms with Gasteiger partial charge in [-0.3, -0.25) is 4.79 Å². The van der Waals surface area contributed by atoms with Crippen LogP contribution >= 0.6 is 0 Å². The normalized spacial score (nSPS) is 17.5. The molecule has 1 amide bonds. The van der Waals surface area contributed by atoms with Crippen molar-refractivity contribution in [2.75, 3.05) is 13.7 Å². The average Bonchev–Trinajstić information content (AvgIpc) is 3.21. The third-order valence-electron chi connectivity index (χ3n) is 4.44. The summed E-state index contributed by atoms with van der Waals surface area (Å²) in [6.45, 7) is 0.806. The molecule has 6 heteroatoms. The average molecular weight is 314 g/mol. The predicted octanol–water partition coefficient (Wildman–Crippen LogP) is 2.12. The van der Waals surface area contributed by atoms with Crippen LogP contribution < -0.4 is 4.74 Å². The molecule has 2 heterocycles. The first-order valence-corrected chi connectivity index (χ1v) is 7.96. The molecule has 1 fully saturated rings. The van der Waals surface area contributed by atoms with Crippen LogP contribution in [0.25, 0.3) is 0 Å². The van der Waals surface area contributed by atoms with Gasteiger partial charge in [-0.05, 0) is 18.9 Å². The lowest BCUT2D eigenvalue weighted by atomic mass is 10.0. The summed E-state index contributed by atoms with van der Waals surface area (Å²) in [5, 5.41) is 7.90. The maximum atomic E-state index is 12.7. The van der Waals surface area contributed by atoms with Gasteiger partial charge >= 0.3 is 0 Å². The molecule has 1 aliphatic heterocycles. The van der Waals surface area contributed by atoms with Crippen molar-refractivity contribution in [2.45, 2.75) is 31.7 Å². The van der Waals surface area contributed by atoms with E-state index in [-0.39, 0.29) is 11.9 Å². The summed E-state index contributed by atoms with van der Waals surface area (Å²) >= 11 is 0. The van der Waals surface area contributed by atoms with Gasteiger partial charge in [-0.25, -0.2) is 0 Å². The second-order valence-corrected chi connectivity index (χ2v) is 5.85. The van der Waals surface area contributed by atoms with Crippen LogP contribution in [-0.2, 0) is 18.3 Å². The predicted molar refractivity (Wildman–Crippen MR) is 86.0 cm³/mol. The van der Waals surface area contributed by atoms with E-state index in [0.717, 1.165) is 36.5 Å². The van der Waals surface area contributed by atoms with E-state index in [1.165, 1.54) is 0 Å². The van der Waals surface area contributed by atoms with Crippen LogP contribution in [0.2, 0.25) is 0 Å². The number of methoxy groups -OCH3 is 1. The molecule has 23 heavy (non-hydrogen) atoms. The standard InChI is InChI=1S/C17H22N4O2/c1-20-12-18-19-16(20)9-10-17(22)21-11-5-7-14(21)13-6-3-4-8-15(13)23-2/h3-4,6,8,12,14H,5,7,9-11H2,1-2H3/t14-/m1/s1. The molecule has 0 spiro atoms. The summed E-state index contributed by atoms with van der Waals surface area (Å²) in [4.78, 5) is 14.6. The number of para-hydroxylation sites is 1. The van der Waals surface area contributed by atoms with Gasteiger partial charge in [-0.15, -0.1) is 10.2 Å². The van der Waals surface area contributed by atoms with E-state index in [2.05, 4.69) is 16.3 Å². The summed E-state index contributed by atoms with van der Waals surface area (Å²) < 4.78 is 7.32. The summed E-state index contributed by atoms with van der Waals surface area (Å²) in [7, 11) is 3.57. The number of aromatic nitrogens is 3. The maximum Gasteiger partial charge on any atom is 0.223 e. The van der Waals surface area contributed by atoms with Crippen LogP contribution in [0.1, 0.15) is 36.7 Å². The van der Waals surface area contributed by atoms with E-state index in [1.807, 2.05) is 34.7 Å². The second kappa shape index (κ2) is 6.81. The number of rotatable bonds is 5. The van der Waals surface area contributed by atoms with Gasteiger partial charge in [-0.2, -0.15) is 0 Å². The number of benzene rings is 1. The Morgan fingerprint density at radius 1 is 1.39 bits per heavy atom. The summed E-state index contributed by atoms with van der Waals surface area (Å²) in [6.07, 6.45) is 4.74. The van der Waals surface area contributed by atoms with E-state index >= 15 is 0 Å². The molecule has 0 saturated carbocycles. The molecule has 0 unspecified atom stereocenters. The van der Waals surface area contributed by atoms with Crippen molar-refractivity contribution < 1.29 is 9.53 Å². The first kappa shape index (κ1) is 15.5. The molecule has 3 rings (SSSR count). The third-order valence-corrected chi connectivity index (χ3v) is 4.44. The first-order chi connectivity index (χ1) is 11.2. The summed E-state index contributed by atoms with van der Waals surface area (Å²) in [5.74, 6) is 1.86. The fourth-order valence-corrected chi connectivity index (χ4v) is 3.23. The zero-order valence-electron chi connectivity index (χ0n) is 13.6. The Morgan fingerprint density at radius 2 is 2.22 bits per heavy atom. The monoisotopic (exact) mass is 314 g/mol. The fraction of sp³-hybridized carbons (Fsp3) is 0.471. The highest BCUT2D eigenvalue weighted by molar-refractivity contribution is 5.77. The quantitative estimate of drug-likeness (QED) is 0.848. The summed E-state index contributed by atoms with van der Waals surface area (Å²) in [6, 6.07) is 8.07. The Bertz CT molecular complexity index is 683. The molecule has 122 valence electrons. The maximum absolute atomic E-state index is 12.7. The van der Waals surface area contributed by atoms with Crippen molar-refractivity contribution in [3.63, 3.8) is 0 Å². The first-order valence-electron chi connectivity index (χ1n) is 7.96. The smallest absolute Gasteiger partial charge is 0.223 e. The topological polar surface area (TPSA) is 60.2 Å². The zero-order chi connectivity index (χ0) is 16.2. The lowest BCUT2D eigenvalue weighted by Gasteiger charge is -2.26. The molecule has 2 aromatic rings. The number of likely N-dealkylation sites (tertiary alicyclic amines) is 1. The van der Waals surface area contributed by atoms with Crippen LogP contribution in [0, 0.1) is 0 Å². The number of ether oxygens (including phenoxy) is 1. The van der Waals surface area contributed by atoms with Gasteiger partial charge in [-0.1, -0.05) is 18.2 Å². The number of aryl methyl sites for hydroxylation is 2. The van der Waals surface area contributed by atoms with Crippen molar-refractivity contribution >= 4 is 5.91 Å². The molecule has 1 aliphatic rings.